The minimum Gasteiger partial charge on any atom is -0.387 e. The second-order valence-electron chi connectivity index (χ2n) is 8.85. The summed E-state index contributed by atoms with van der Waals surface area (Å²) in [6.45, 7) is 4.67. The molecule has 0 bridgehead atoms. The van der Waals surface area contributed by atoms with Gasteiger partial charge in [0.1, 0.15) is 36.6 Å². The van der Waals surface area contributed by atoms with Gasteiger partial charge in [0.25, 0.3) is 0 Å². The molecule has 6 atom stereocenters. The Kier molecular flexibility index (Phi) is 9.81. The van der Waals surface area contributed by atoms with Crippen LogP contribution in [0.25, 0.3) is 0 Å². The molecule has 3 aromatic rings. The number of rotatable bonds is 12. The lowest BCUT2D eigenvalue weighted by atomic mass is 9.84. The fourth-order valence-electron chi connectivity index (χ4n) is 4.40. The molecule has 0 saturated heterocycles. The van der Waals surface area contributed by atoms with Gasteiger partial charge in [-0.15, -0.1) is 6.58 Å². The standard InChI is InChI=1S/C30H34O6/c1-2-18-33-27-25(31)28(34-19-22-12-6-3-7-13-22)30(36-21-24-16-10-5-11-17-24)29(26(27)32)35-20-23-14-8-4-9-15-23/h2-17,25-32H,1,18-21H2/t25-,26-,27?,28-,29+,30?/m1/s1. The van der Waals surface area contributed by atoms with Crippen LogP contribution >= 0.6 is 0 Å². The van der Waals surface area contributed by atoms with E-state index in [1.807, 2.05) is 91.0 Å². The Morgan fingerprint density at radius 3 is 1.25 bits per heavy atom. The monoisotopic (exact) mass is 490 g/mol. The lowest BCUT2D eigenvalue weighted by Gasteiger charge is -2.46. The fraction of sp³-hybridized carbons (Fsp3) is 0.333. The summed E-state index contributed by atoms with van der Waals surface area (Å²) in [4.78, 5) is 0. The highest BCUT2D eigenvalue weighted by Gasteiger charge is 2.52. The smallest absolute Gasteiger partial charge is 0.116 e. The Hall–Kier alpha value is -2.84. The van der Waals surface area contributed by atoms with Gasteiger partial charge in [0.2, 0.25) is 0 Å². The van der Waals surface area contributed by atoms with E-state index in [-0.39, 0.29) is 26.4 Å². The van der Waals surface area contributed by atoms with E-state index in [1.54, 1.807) is 6.08 Å². The summed E-state index contributed by atoms with van der Waals surface area (Å²) < 4.78 is 24.6. The summed E-state index contributed by atoms with van der Waals surface area (Å²) in [6.07, 6.45) is -3.97. The Bertz CT molecular complexity index is 972. The van der Waals surface area contributed by atoms with Crippen LogP contribution in [0.5, 0.6) is 0 Å². The van der Waals surface area contributed by atoms with Gasteiger partial charge < -0.3 is 29.2 Å². The first-order valence-corrected chi connectivity index (χ1v) is 12.2. The average molecular weight is 491 g/mol. The average Bonchev–Trinajstić information content (AvgIpc) is 2.92. The predicted octanol–water partition coefficient (Wildman–Crippen LogP) is 4.05. The van der Waals surface area contributed by atoms with Crippen molar-refractivity contribution in [2.45, 2.75) is 56.4 Å². The van der Waals surface area contributed by atoms with Gasteiger partial charge in [-0.25, -0.2) is 0 Å². The van der Waals surface area contributed by atoms with Gasteiger partial charge in [0.05, 0.1) is 26.4 Å². The van der Waals surface area contributed by atoms with Gasteiger partial charge in [-0.3, -0.25) is 0 Å². The molecular weight excluding hydrogens is 456 g/mol. The van der Waals surface area contributed by atoms with Crippen molar-refractivity contribution in [3.8, 4) is 0 Å². The van der Waals surface area contributed by atoms with Crippen molar-refractivity contribution in [2.75, 3.05) is 6.61 Å². The maximum absolute atomic E-state index is 11.3. The van der Waals surface area contributed by atoms with Crippen molar-refractivity contribution < 1.29 is 29.2 Å². The molecule has 6 heteroatoms. The highest BCUT2D eigenvalue weighted by molar-refractivity contribution is 5.16. The molecule has 4 rings (SSSR count). The summed E-state index contributed by atoms with van der Waals surface area (Å²) in [7, 11) is 0. The van der Waals surface area contributed by atoms with Crippen LogP contribution in [-0.2, 0) is 38.8 Å². The van der Waals surface area contributed by atoms with Crippen LogP contribution < -0.4 is 0 Å². The number of ether oxygens (including phenoxy) is 4. The van der Waals surface area contributed by atoms with Crippen LogP contribution in [0.15, 0.2) is 104 Å². The highest BCUT2D eigenvalue weighted by Crippen LogP contribution is 2.32. The molecule has 3 aromatic carbocycles. The van der Waals surface area contributed by atoms with Crippen molar-refractivity contribution in [1.82, 2.24) is 0 Å². The lowest BCUT2D eigenvalue weighted by molar-refractivity contribution is -0.269. The van der Waals surface area contributed by atoms with Crippen molar-refractivity contribution >= 4 is 0 Å². The molecule has 1 saturated carbocycles. The molecule has 1 aliphatic rings. The molecule has 0 spiro atoms. The normalized spacial score (nSPS) is 25.9. The molecule has 1 fully saturated rings. The van der Waals surface area contributed by atoms with Gasteiger partial charge in [-0.2, -0.15) is 0 Å². The van der Waals surface area contributed by atoms with Crippen LogP contribution in [0.4, 0.5) is 0 Å². The summed E-state index contributed by atoms with van der Waals surface area (Å²) >= 11 is 0. The molecule has 190 valence electrons. The largest absolute Gasteiger partial charge is 0.387 e. The van der Waals surface area contributed by atoms with Crippen LogP contribution in [0.2, 0.25) is 0 Å². The zero-order valence-corrected chi connectivity index (χ0v) is 20.3. The zero-order valence-electron chi connectivity index (χ0n) is 20.3. The molecule has 2 unspecified atom stereocenters. The number of hydrogen-bond acceptors (Lipinski definition) is 6. The topological polar surface area (TPSA) is 77.4 Å². The minimum atomic E-state index is -1.14. The maximum Gasteiger partial charge on any atom is 0.116 e. The van der Waals surface area contributed by atoms with E-state index in [0.717, 1.165) is 16.7 Å². The predicted molar refractivity (Wildman–Crippen MR) is 137 cm³/mol. The molecule has 6 nitrogen and oxygen atoms in total. The van der Waals surface area contributed by atoms with E-state index in [4.69, 9.17) is 18.9 Å². The SMILES string of the molecule is C=CCOC1[C@@H](O)[C@H](OCc2ccccc2)C(OCc2ccccc2)[C@H](OCc2ccccc2)[C@@H]1O. The van der Waals surface area contributed by atoms with Crippen molar-refractivity contribution in [3.05, 3.63) is 120 Å². The first-order valence-electron chi connectivity index (χ1n) is 12.2. The van der Waals surface area contributed by atoms with E-state index < -0.39 is 36.6 Å². The number of aliphatic hydroxyl groups excluding tert-OH is 2. The second kappa shape index (κ2) is 13.5. The summed E-state index contributed by atoms with van der Waals surface area (Å²) in [5, 5.41) is 22.6. The lowest BCUT2D eigenvalue weighted by Crippen LogP contribution is -2.66. The van der Waals surface area contributed by atoms with Gasteiger partial charge in [0.15, 0.2) is 0 Å². The van der Waals surface area contributed by atoms with Gasteiger partial charge >= 0.3 is 0 Å². The van der Waals surface area contributed by atoms with E-state index in [1.165, 1.54) is 0 Å². The van der Waals surface area contributed by atoms with Gasteiger partial charge in [-0.1, -0.05) is 97.1 Å². The minimum absolute atomic E-state index is 0.172. The Morgan fingerprint density at radius 1 is 0.528 bits per heavy atom. The third-order valence-corrected chi connectivity index (χ3v) is 6.26. The first kappa shape index (κ1) is 26.2. The maximum atomic E-state index is 11.3. The Morgan fingerprint density at radius 2 is 0.889 bits per heavy atom. The van der Waals surface area contributed by atoms with Gasteiger partial charge in [-0.05, 0) is 16.7 Å². The third kappa shape index (κ3) is 6.89. The highest BCUT2D eigenvalue weighted by atomic mass is 16.6. The van der Waals surface area contributed by atoms with Crippen LogP contribution in [0.3, 0.4) is 0 Å². The quantitative estimate of drug-likeness (QED) is 0.373. The molecule has 1 aliphatic carbocycles. The van der Waals surface area contributed by atoms with E-state index in [2.05, 4.69) is 6.58 Å². The molecular formula is C30H34O6. The number of hydrogen-bond donors (Lipinski definition) is 2. The summed E-state index contributed by atoms with van der Waals surface area (Å²) in [6, 6.07) is 29.2. The third-order valence-electron chi connectivity index (χ3n) is 6.26. The first-order chi connectivity index (χ1) is 17.7. The van der Waals surface area contributed by atoms with Crippen molar-refractivity contribution in [3.63, 3.8) is 0 Å². The molecule has 2 N–H and O–H groups in total. The molecule has 0 radical (unpaired) electrons. The van der Waals surface area contributed by atoms with E-state index in [0.29, 0.717) is 0 Å². The van der Waals surface area contributed by atoms with Crippen molar-refractivity contribution in [1.29, 1.82) is 0 Å². The van der Waals surface area contributed by atoms with E-state index >= 15 is 0 Å². The molecule has 36 heavy (non-hydrogen) atoms. The Labute approximate surface area is 212 Å². The Balaban J connectivity index is 1.59. The molecule has 0 aromatic heterocycles. The van der Waals surface area contributed by atoms with Crippen LogP contribution in [0.1, 0.15) is 16.7 Å². The second-order valence-corrected chi connectivity index (χ2v) is 8.85. The van der Waals surface area contributed by atoms with Crippen LogP contribution in [-0.4, -0.2) is 53.4 Å². The number of benzene rings is 3. The summed E-state index contributed by atoms with van der Waals surface area (Å²) in [5.74, 6) is 0. The molecule has 0 amide bonds. The molecule has 0 aliphatic heterocycles. The van der Waals surface area contributed by atoms with Crippen molar-refractivity contribution in [2.24, 2.45) is 0 Å². The number of aliphatic hydroxyl groups is 2. The van der Waals surface area contributed by atoms with E-state index in [9.17, 15) is 10.2 Å². The van der Waals surface area contributed by atoms with Gasteiger partial charge in [0, 0.05) is 0 Å². The zero-order chi connectivity index (χ0) is 25.2. The fourth-order valence-corrected chi connectivity index (χ4v) is 4.40. The summed E-state index contributed by atoms with van der Waals surface area (Å²) in [5.41, 5.74) is 2.89. The molecule has 0 heterocycles. The van der Waals surface area contributed by atoms with Crippen LogP contribution in [0, 0.1) is 0 Å².